The summed E-state index contributed by atoms with van der Waals surface area (Å²) in [6, 6.07) is 0. The lowest BCUT2D eigenvalue weighted by atomic mass is 10.00. The van der Waals surface area contributed by atoms with Crippen molar-refractivity contribution in [3.63, 3.8) is 0 Å². The fourth-order valence-electron chi connectivity index (χ4n) is 2.00. The van der Waals surface area contributed by atoms with Crippen LogP contribution in [0.2, 0.25) is 0 Å². The monoisotopic (exact) mass is 388 g/mol. The second-order valence-corrected chi connectivity index (χ2v) is 4.47. The number of halogens is 8. The topological polar surface area (TPSA) is 86.3 Å². The average Bonchev–Trinajstić information content (AvgIpc) is 2.53. The molecule has 0 atom stereocenters. The van der Waals surface area contributed by atoms with E-state index in [0.29, 0.717) is 0 Å². The van der Waals surface area contributed by atoms with Crippen LogP contribution in [0.1, 0.15) is 0 Å². The first kappa shape index (κ1) is 19.0. The van der Waals surface area contributed by atoms with Crippen LogP contribution in [0.5, 0.6) is 0 Å². The van der Waals surface area contributed by atoms with E-state index in [9.17, 15) is 55.4 Å². The van der Waals surface area contributed by atoms with Crippen LogP contribution < -0.4 is 0 Å². The molecule has 0 aliphatic heterocycles. The first-order chi connectivity index (χ1) is 11.9. The largest absolute Gasteiger partial charge is 0.344 e. The second-order valence-electron chi connectivity index (χ2n) is 4.47. The fourth-order valence-corrected chi connectivity index (χ4v) is 2.00. The molecule has 0 aliphatic rings. The van der Waals surface area contributed by atoms with Crippen LogP contribution in [0.4, 0.5) is 46.5 Å². The molecule has 0 saturated heterocycles. The van der Waals surface area contributed by atoms with E-state index in [2.05, 4.69) is 0 Å². The molecule has 0 radical (unpaired) electrons. The molecule has 0 heterocycles. The number of nitrogens with zero attached hydrogens (tertiary/aromatic N) is 2. The molecule has 2 aromatic carbocycles. The molecule has 0 spiro atoms. The van der Waals surface area contributed by atoms with Gasteiger partial charge in [0.15, 0.2) is 11.6 Å². The number of hydrogen-bond acceptors (Lipinski definition) is 4. The van der Waals surface area contributed by atoms with Gasteiger partial charge in [-0.05, 0) is 0 Å². The third-order valence-corrected chi connectivity index (χ3v) is 3.10. The molecule has 6 nitrogen and oxygen atoms in total. The Bertz CT molecular complexity index is 915. The molecular weight excluding hydrogens is 388 g/mol. The fraction of sp³-hybridized carbons (Fsp3) is 0. The van der Waals surface area contributed by atoms with E-state index in [0.717, 1.165) is 0 Å². The molecule has 2 aromatic rings. The minimum absolute atomic E-state index is 1.93. The zero-order valence-electron chi connectivity index (χ0n) is 11.6. The summed E-state index contributed by atoms with van der Waals surface area (Å²) in [4.78, 5) is 17.3. The highest BCUT2D eigenvalue weighted by molar-refractivity contribution is 5.72. The Labute approximate surface area is 135 Å². The molecule has 0 bridgehead atoms. The van der Waals surface area contributed by atoms with E-state index in [1.807, 2.05) is 0 Å². The quantitative estimate of drug-likeness (QED) is 0.258. The summed E-state index contributed by atoms with van der Waals surface area (Å²) in [7, 11) is 0. The summed E-state index contributed by atoms with van der Waals surface area (Å²) in [5, 5.41) is 21.1. The van der Waals surface area contributed by atoms with Gasteiger partial charge in [-0.2, -0.15) is 17.6 Å². The Morgan fingerprint density at radius 1 is 0.462 bits per heavy atom. The third kappa shape index (κ3) is 2.49. The van der Waals surface area contributed by atoms with Crippen LogP contribution in [0.25, 0.3) is 11.1 Å². The number of nitro groups is 2. The summed E-state index contributed by atoms with van der Waals surface area (Å²) >= 11 is 0. The lowest BCUT2D eigenvalue weighted by molar-refractivity contribution is -0.390. The Balaban J connectivity index is 3.13. The van der Waals surface area contributed by atoms with Crippen LogP contribution in [0, 0.1) is 66.8 Å². The maximum Gasteiger partial charge on any atom is 0.344 e. The van der Waals surface area contributed by atoms with E-state index >= 15 is 0 Å². The predicted molar refractivity (Wildman–Crippen MR) is 64.9 cm³/mol. The number of rotatable bonds is 3. The van der Waals surface area contributed by atoms with E-state index < -0.39 is 78.9 Å². The van der Waals surface area contributed by atoms with Crippen LogP contribution in [0.3, 0.4) is 0 Å². The molecule has 0 aromatic heterocycles. The van der Waals surface area contributed by atoms with Crippen LogP contribution >= 0.6 is 0 Å². The Hall–Kier alpha value is -3.32. The zero-order chi connectivity index (χ0) is 20.1. The summed E-state index contributed by atoms with van der Waals surface area (Å²) < 4.78 is 109. The van der Waals surface area contributed by atoms with Crippen molar-refractivity contribution in [1.29, 1.82) is 0 Å². The zero-order valence-corrected chi connectivity index (χ0v) is 11.6. The molecule has 0 N–H and O–H groups in total. The van der Waals surface area contributed by atoms with Gasteiger partial charge in [-0.25, -0.2) is 17.6 Å². The maximum absolute atomic E-state index is 14.0. The molecule has 0 aliphatic carbocycles. The minimum Gasteiger partial charge on any atom is -0.258 e. The molecule has 0 unspecified atom stereocenters. The second kappa shape index (κ2) is 6.20. The molecule has 138 valence electrons. The van der Waals surface area contributed by atoms with Crippen LogP contribution in [-0.4, -0.2) is 9.85 Å². The van der Waals surface area contributed by atoms with Crippen molar-refractivity contribution in [3.05, 3.63) is 66.8 Å². The van der Waals surface area contributed by atoms with Crippen molar-refractivity contribution in [2.75, 3.05) is 0 Å². The number of benzene rings is 2. The van der Waals surface area contributed by atoms with Crippen molar-refractivity contribution < 1.29 is 45.0 Å². The van der Waals surface area contributed by atoms with E-state index in [-0.39, 0.29) is 0 Å². The highest BCUT2D eigenvalue weighted by Gasteiger charge is 2.40. The smallest absolute Gasteiger partial charge is 0.258 e. The molecular formula is C12F8N2O4. The van der Waals surface area contributed by atoms with E-state index in [1.54, 1.807) is 0 Å². The van der Waals surface area contributed by atoms with Gasteiger partial charge in [0.2, 0.25) is 34.9 Å². The number of hydrogen-bond donors (Lipinski definition) is 0. The summed E-state index contributed by atoms with van der Waals surface area (Å²) in [5.41, 5.74) is -9.56. The Morgan fingerprint density at radius 3 is 0.962 bits per heavy atom. The lowest BCUT2D eigenvalue weighted by Crippen LogP contribution is -2.11. The average molecular weight is 388 g/mol. The Morgan fingerprint density at radius 2 is 0.731 bits per heavy atom. The van der Waals surface area contributed by atoms with Crippen molar-refractivity contribution in [2.45, 2.75) is 0 Å². The van der Waals surface area contributed by atoms with Gasteiger partial charge in [-0.3, -0.25) is 20.2 Å². The molecule has 14 heteroatoms. The van der Waals surface area contributed by atoms with E-state index in [4.69, 9.17) is 0 Å². The standard InChI is InChI=1S/C12F8N2O4/c13-3-1(5(15)11(21(23)24)9(19)7(3)17)2-4(14)8(18)10(20)12(6(2)16)22(25)26. The van der Waals surface area contributed by atoms with Crippen LogP contribution in [0.15, 0.2) is 0 Å². The molecule has 2 rings (SSSR count). The third-order valence-electron chi connectivity index (χ3n) is 3.10. The van der Waals surface area contributed by atoms with E-state index in [1.165, 1.54) is 0 Å². The SMILES string of the molecule is O=[N+]([O-])c1c(F)c(F)c(F)c(-c2c(F)c(F)c(F)c([N+](=O)[O-])c2F)c1F. The predicted octanol–water partition coefficient (Wildman–Crippen LogP) is 4.28. The first-order valence-electron chi connectivity index (χ1n) is 5.94. The molecule has 0 amide bonds. The lowest BCUT2D eigenvalue weighted by Gasteiger charge is -2.11. The van der Waals surface area contributed by atoms with Crippen LogP contribution in [-0.2, 0) is 0 Å². The highest BCUT2D eigenvalue weighted by Crippen LogP contribution is 2.42. The van der Waals surface area contributed by atoms with Gasteiger partial charge in [0.1, 0.15) is 0 Å². The van der Waals surface area contributed by atoms with Gasteiger partial charge >= 0.3 is 11.4 Å². The molecule has 0 fully saturated rings. The normalized spacial score (nSPS) is 10.9. The van der Waals surface area contributed by atoms with Gasteiger partial charge in [0, 0.05) is 0 Å². The van der Waals surface area contributed by atoms with Gasteiger partial charge < -0.3 is 0 Å². The van der Waals surface area contributed by atoms with Gasteiger partial charge in [0.05, 0.1) is 21.0 Å². The number of nitro benzene ring substituents is 2. The summed E-state index contributed by atoms with van der Waals surface area (Å²) in [6.07, 6.45) is 0. The maximum atomic E-state index is 14.0. The molecule has 26 heavy (non-hydrogen) atoms. The first-order valence-corrected chi connectivity index (χ1v) is 5.94. The van der Waals surface area contributed by atoms with Crippen molar-refractivity contribution in [1.82, 2.24) is 0 Å². The summed E-state index contributed by atoms with van der Waals surface area (Å²) in [5.74, 6) is -21.9. The van der Waals surface area contributed by atoms with Crippen molar-refractivity contribution in [3.8, 4) is 11.1 Å². The van der Waals surface area contributed by atoms with Gasteiger partial charge in [0.25, 0.3) is 0 Å². The van der Waals surface area contributed by atoms with Crippen molar-refractivity contribution in [2.24, 2.45) is 0 Å². The van der Waals surface area contributed by atoms with Crippen molar-refractivity contribution >= 4 is 11.4 Å². The minimum atomic E-state index is -2.78. The highest BCUT2D eigenvalue weighted by atomic mass is 19.2. The van der Waals surface area contributed by atoms with Gasteiger partial charge in [-0.15, -0.1) is 0 Å². The summed E-state index contributed by atoms with van der Waals surface area (Å²) in [6.45, 7) is 0. The molecule has 0 saturated carbocycles. The Kier molecular flexibility index (Phi) is 4.53. The van der Waals surface area contributed by atoms with Gasteiger partial charge in [-0.1, -0.05) is 0 Å².